The fourth-order valence-corrected chi connectivity index (χ4v) is 6.91. The standard InChI is InChI=1S/C26H28FN3O3S/c27-22-7-1-2-8-25(22)34(32,33)29-14-3-4-15-30-23(17-29)26(24(30)18-31)20-11-9-19(10-12-20)21-6-5-13-28-16-21/h1-2,5-13,16,23-24,26,31H,3-4,14-15,17-18H2/t23-,24-,26+/m1/s1. The molecular formula is C26H28FN3O3S. The predicted molar refractivity (Wildman–Crippen MR) is 128 cm³/mol. The summed E-state index contributed by atoms with van der Waals surface area (Å²) in [5, 5.41) is 10.2. The van der Waals surface area contributed by atoms with E-state index in [0.717, 1.165) is 29.7 Å². The van der Waals surface area contributed by atoms with Crippen molar-refractivity contribution in [2.45, 2.75) is 35.7 Å². The number of hydrogen-bond donors (Lipinski definition) is 1. The minimum absolute atomic E-state index is 0.00554. The molecule has 0 aliphatic carbocycles. The van der Waals surface area contributed by atoms with Gasteiger partial charge in [-0.2, -0.15) is 4.31 Å². The van der Waals surface area contributed by atoms with Gasteiger partial charge in [-0.25, -0.2) is 12.8 Å². The van der Waals surface area contributed by atoms with Crippen molar-refractivity contribution in [2.75, 3.05) is 26.2 Å². The molecule has 5 rings (SSSR count). The molecule has 0 radical (unpaired) electrons. The van der Waals surface area contributed by atoms with E-state index < -0.39 is 15.8 Å². The molecule has 1 N–H and O–H groups in total. The van der Waals surface area contributed by atoms with Crippen LogP contribution in [0.2, 0.25) is 0 Å². The highest BCUT2D eigenvalue weighted by Gasteiger charge is 2.50. The Balaban J connectivity index is 1.44. The highest BCUT2D eigenvalue weighted by molar-refractivity contribution is 7.89. The molecular weight excluding hydrogens is 453 g/mol. The van der Waals surface area contributed by atoms with Gasteiger partial charge in [0.1, 0.15) is 10.7 Å². The van der Waals surface area contributed by atoms with Gasteiger partial charge in [0, 0.05) is 43.5 Å². The van der Waals surface area contributed by atoms with Crippen LogP contribution < -0.4 is 0 Å². The van der Waals surface area contributed by atoms with Crippen LogP contribution in [-0.4, -0.2) is 66.0 Å². The lowest BCUT2D eigenvalue weighted by molar-refractivity contribution is -0.0554. The Kier molecular flexibility index (Phi) is 6.48. The number of nitrogens with zero attached hydrogens (tertiary/aromatic N) is 3. The number of pyridine rings is 1. The zero-order valence-corrected chi connectivity index (χ0v) is 19.6. The normalized spacial score (nSPS) is 24.0. The Morgan fingerprint density at radius 2 is 1.74 bits per heavy atom. The molecule has 34 heavy (non-hydrogen) atoms. The van der Waals surface area contributed by atoms with Gasteiger partial charge in [0.2, 0.25) is 10.0 Å². The van der Waals surface area contributed by atoms with E-state index in [9.17, 15) is 17.9 Å². The van der Waals surface area contributed by atoms with Crippen molar-refractivity contribution >= 4 is 10.0 Å². The second-order valence-corrected chi connectivity index (χ2v) is 10.9. The Morgan fingerprint density at radius 3 is 2.44 bits per heavy atom. The van der Waals surface area contributed by atoms with Gasteiger partial charge in [0.25, 0.3) is 0 Å². The predicted octanol–water partition coefficient (Wildman–Crippen LogP) is 3.50. The highest BCUT2D eigenvalue weighted by Crippen LogP contribution is 2.43. The van der Waals surface area contributed by atoms with Gasteiger partial charge in [-0.1, -0.05) is 42.5 Å². The summed E-state index contributed by atoms with van der Waals surface area (Å²) in [6, 6.07) is 17.5. The van der Waals surface area contributed by atoms with Crippen LogP contribution in [0.1, 0.15) is 24.3 Å². The topological polar surface area (TPSA) is 73.7 Å². The van der Waals surface area contributed by atoms with Gasteiger partial charge in [-0.15, -0.1) is 0 Å². The first-order chi connectivity index (χ1) is 16.5. The van der Waals surface area contributed by atoms with Crippen molar-refractivity contribution in [3.8, 4) is 11.1 Å². The molecule has 0 spiro atoms. The monoisotopic (exact) mass is 481 g/mol. The summed E-state index contributed by atoms with van der Waals surface area (Å²) in [6.07, 6.45) is 5.07. The van der Waals surface area contributed by atoms with Crippen molar-refractivity contribution in [1.29, 1.82) is 0 Å². The number of fused-ring (bicyclic) bond motifs is 1. The minimum Gasteiger partial charge on any atom is -0.395 e. The molecule has 2 aliphatic heterocycles. The number of aliphatic hydroxyl groups is 1. The van der Waals surface area contributed by atoms with E-state index in [0.29, 0.717) is 13.0 Å². The van der Waals surface area contributed by atoms with Crippen molar-refractivity contribution in [2.24, 2.45) is 0 Å². The smallest absolute Gasteiger partial charge is 0.246 e. The number of sulfonamides is 1. The number of halogens is 1. The summed E-state index contributed by atoms with van der Waals surface area (Å²) >= 11 is 0. The lowest BCUT2D eigenvalue weighted by atomic mass is 9.74. The van der Waals surface area contributed by atoms with Crippen LogP contribution in [0.5, 0.6) is 0 Å². The average Bonchev–Trinajstić information content (AvgIpc) is 2.84. The van der Waals surface area contributed by atoms with E-state index in [1.165, 1.54) is 22.5 Å². The van der Waals surface area contributed by atoms with E-state index >= 15 is 0 Å². The molecule has 178 valence electrons. The quantitative estimate of drug-likeness (QED) is 0.604. The third-order valence-electron chi connectivity index (χ3n) is 7.08. The summed E-state index contributed by atoms with van der Waals surface area (Å²) in [7, 11) is -3.97. The van der Waals surface area contributed by atoms with Crippen LogP contribution in [0, 0.1) is 5.82 Å². The number of aliphatic hydroxyl groups excluding tert-OH is 1. The van der Waals surface area contributed by atoms with Crippen LogP contribution in [-0.2, 0) is 10.0 Å². The molecule has 0 unspecified atom stereocenters. The van der Waals surface area contributed by atoms with E-state index in [4.69, 9.17) is 0 Å². The highest BCUT2D eigenvalue weighted by atomic mass is 32.2. The Bertz CT molecular complexity index is 1240. The van der Waals surface area contributed by atoms with Crippen molar-refractivity contribution in [3.05, 3.63) is 84.4 Å². The Hall–Kier alpha value is -2.65. The van der Waals surface area contributed by atoms with Crippen LogP contribution in [0.25, 0.3) is 11.1 Å². The van der Waals surface area contributed by atoms with Crippen molar-refractivity contribution < 1.29 is 17.9 Å². The number of rotatable bonds is 5. The number of aromatic nitrogens is 1. The minimum atomic E-state index is -3.97. The summed E-state index contributed by atoms with van der Waals surface area (Å²) in [6.45, 7) is 1.44. The largest absolute Gasteiger partial charge is 0.395 e. The molecule has 0 saturated carbocycles. The molecule has 3 atom stereocenters. The van der Waals surface area contributed by atoms with Crippen LogP contribution in [0.15, 0.2) is 78.0 Å². The van der Waals surface area contributed by atoms with Gasteiger partial charge >= 0.3 is 0 Å². The Morgan fingerprint density at radius 1 is 0.971 bits per heavy atom. The summed E-state index contributed by atoms with van der Waals surface area (Å²) in [4.78, 5) is 6.11. The zero-order valence-electron chi connectivity index (χ0n) is 18.8. The van der Waals surface area contributed by atoms with E-state index in [1.54, 1.807) is 12.3 Å². The van der Waals surface area contributed by atoms with E-state index in [2.05, 4.69) is 22.0 Å². The molecule has 2 aliphatic rings. The molecule has 0 bridgehead atoms. The van der Waals surface area contributed by atoms with Crippen LogP contribution in [0.4, 0.5) is 4.39 Å². The maximum Gasteiger partial charge on any atom is 0.246 e. The Labute approximate surface area is 199 Å². The van der Waals surface area contributed by atoms with Gasteiger partial charge in [0.15, 0.2) is 0 Å². The van der Waals surface area contributed by atoms with Gasteiger partial charge in [-0.3, -0.25) is 9.88 Å². The average molecular weight is 482 g/mol. The first-order valence-electron chi connectivity index (χ1n) is 11.6. The maximum absolute atomic E-state index is 14.4. The summed E-state index contributed by atoms with van der Waals surface area (Å²) < 4.78 is 42.5. The van der Waals surface area contributed by atoms with E-state index in [-0.39, 0.29) is 36.0 Å². The molecule has 2 fully saturated rings. The van der Waals surface area contributed by atoms with Gasteiger partial charge in [0.05, 0.1) is 6.61 Å². The molecule has 6 nitrogen and oxygen atoms in total. The molecule has 3 heterocycles. The lowest BCUT2D eigenvalue weighted by Crippen LogP contribution is -2.67. The second kappa shape index (κ2) is 9.54. The van der Waals surface area contributed by atoms with Gasteiger partial charge < -0.3 is 5.11 Å². The fourth-order valence-electron chi connectivity index (χ4n) is 5.35. The van der Waals surface area contributed by atoms with Crippen LogP contribution in [0.3, 0.4) is 0 Å². The number of hydrogen-bond acceptors (Lipinski definition) is 5. The maximum atomic E-state index is 14.4. The molecule has 8 heteroatoms. The van der Waals surface area contributed by atoms with Gasteiger partial charge in [-0.05, 0) is 54.3 Å². The first-order valence-corrected chi connectivity index (χ1v) is 13.1. The molecule has 2 saturated heterocycles. The lowest BCUT2D eigenvalue weighted by Gasteiger charge is -2.57. The summed E-state index contributed by atoms with van der Waals surface area (Å²) in [5.74, 6) is -0.741. The molecule has 3 aromatic rings. The van der Waals surface area contributed by atoms with Crippen molar-refractivity contribution in [3.63, 3.8) is 0 Å². The van der Waals surface area contributed by atoms with Crippen LogP contribution >= 0.6 is 0 Å². The third kappa shape index (κ3) is 4.15. The first kappa shape index (κ1) is 23.1. The number of benzene rings is 2. The second-order valence-electron chi connectivity index (χ2n) is 8.95. The SMILES string of the molecule is O=S(=O)(c1ccccc1F)N1CCCCN2[C@H](CO)[C@@H](c3ccc(-c4cccnc4)cc3)[C@H]2C1. The fraction of sp³-hybridized carbons (Fsp3) is 0.346. The molecule has 2 aromatic carbocycles. The summed E-state index contributed by atoms with van der Waals surface area (Å²) in [5.41, 5.74) is 3.14. The molecule has 1 aromatic heterocycles. The third-order valence-corrected chi connectivity index (χ3v) is 8.98. The van der Waals surface area contributed by atoms with Crippen molar-refractivity contribution in [1.82, 2.24) is 14.2 Å². The molecule has 0 amide bonds. The zero-order chi connectivity index (χ0) is 23.7. The van der Waals surface area contributed by atoms with E-state index in [1.807, 2.05) is 30.5 Å².